The van der Waals surface area contributed by atoms with Crippen LogP contribution >= 0.6 is 0 Å². The molecule has 0 aliphatic rings. The molecule has 96 valence electrons. The molecule has 2 rings (SSSR count). The summed E-state index contributed by atoms with van der Waals surface area (Å²) in [5.41, 5.74) is 10.3. The third-order valence-electron chi connectivity index (χ3n) is 2.89. The topological polar surface area (TPSA) is 59.0 Å². The average Bonchev–Trinajstić information content (AvgIpc) is 2.37. The molecule has 3 nitrogen and oxygen atoms in total. The second-order valence-electron chi connectivity index (χ2n) is 4.60. The Bertz CT molecular complexity index is 618. The third-order valence-corrected chi connectivity index (χ3v) is 2.89. The van der Waals surface area contributed by atoms with Gasteiger partial charge in [0.2, 0.25) is 0 Å². The molecule has 0 spiro atoms. The van der Waals surface area contributed by atoms with Gasteiger partial charge in [0.05, 0.1) is 17.3 Å². The molecule has 0 amide bonds. The monoisotopic (exact) mass is 252 g/mol. The van der Waals surface area contributed by atoms with Gasteiger partial charge in [-0.3, -0.25) is 0 Å². The fourth-order valence-corrected chi connectivity index (χ4v) is 2.07. The van der Waals surface area contributed by atoms with Gasteiger partial charge in [0, 0.05) is 0 Å². The van der Waals surface area contributed by atoms with Crippen molar-refractivity contribution in [1.82, 2.24) is 0 Å². The van der Waals surface area contributed by atoms with Crippen LogP contribution in [0.2, 0.25) is 0 Å². The quantitative estimate of drug-likeness (QED) is 0.852. The molecule has 2 N–H and O–H groups in total. The van der Waals surface area contributed by atoms with Crippen LogP contribution in [0, 0.1) is 25.2 Å². The van der Waals surface area contributed by atoms with Crippen molar-refractivity contribution >= 4 is 5.69 Å². The molecule has 0 bridgehead atoms. The Morgan fingerprint density at radius 2 is 2.00 bits per heavy atom. The number of ether oxygens (including phenoxy) is 1. The average molecular weight is 252 g/mol. The number of nitriles is 1. The van der Waals surface area contributed by atoms with Crippen molar-refractivity contribution in [2.75, 3.05) is 5.73 Å². The van der Waals surface area contributed by atoms with E-state index in [4.69, 9.17) is 15.7 Å². The largest absolute Gasteiger partial charge is 0.486 e. The molecule has 0 aliphatic carbocycles. The molecule has 0 unspecified atom stereocenters. The highest BCUT2D eigenvalue weighted by atomic mass is 16.5. The lowest BCUT2D eigenvalue weighted by Gasteiger charge is -2.13. The Hall–Kier alpha value is -2.47. The summed E-state index contributed by atoms with van der Waals surface area (Å²) in [6.07, 6.45) is 0. The van der Waals surface area contributed by atoms with Gasteiger partial charge in [-0.25, -0.2) is 0 Å². The Kier molecular flexibility index (Phi) is 3.72. The van der Waals surface area contributed by atoms with Crippen molar-refractivity contribution in [3.8, 4) is 11.8 Å². The van der Waals surface area contributed by atoms with Gasteiger partial charge < -0.3 is 10.5 Å². The summed E-state index contributed by atoms with van der Waals surface area (Å²) in [4.78, 5) is 0. The van der Waals surface area contributed by atoms with Gasteiger partial charge in [-0.05, 0) is 48.7 Å². The minimum Gasteiger partial charge on any atom is -0.486 e. The molecule has 0 radical (unpaired) electrons. The highest BCUT2D eigenvalue weighted by Crippen LogP contribution is 2.28. The van der Waals surface area contributed by atoms with Crippen LogP contribution in [0.25, 0.3) is 0 Å². The molecule has 0 saturated carbocycles. The van der Waals surface area contributed by atoms with E-state index in [0.717, 1.165) is 16.7 Å². The first-order valence-electron chi connectivity index (χ1n) is 6.08. The standard InChI is InChI=1S/C16H16N2O/c1-11-6-12(2)16(15(18)7-11)19-10-14-5-3-4-13(8-14)9-17/h3-8H,10,18H2,1-2H3. The Balaban J connectivity index is 2.17. The van der Waals surface area contributed by atoms with Crippen molar-refractivity contribution in [3.63, 3.8) is 0 Å². The Labute approximate surface area is 113 Å². The van der Waals surface area contributed by atoms with Crippen LogP contribution in [-0.4, -0.2) is 0 Å². The van der Waals surface area contributed by atoms with Crippen molar-refractivity contribution in [3.05, 3.63) is 58.7 Å². The lowest BCUT2D eigenvalue weighted by atomic mass is 10.1. The van der Waals surface area contributed by atoms with Crippen LogP contribution in [-0.2, 0) is 6.61 Å². The molecule has 0 heterocycles. The number of benzene rings is 2. The van der Waals surface area contributed by atoms with Crippen molar-refractivity contribution in [2.45, 2.75) is 20.5 Å². The number of hydrogen-bond donors (Lipinski definition) is 1. The van der Waals surface area contributed by atoms with E-state index in [1.807, 2.05) is 44.2 Å². The zero-order valence-corrected chi connectivity index (χ0v) is 11.1. The number of hydrogen-bond acceptors (Lipinski definition) is 3. The summed E-state index contributed by atoms with van der Waals surface area (Å²) in [6.45, 7) is 4.39. The van der Waals surface area contributed by atoms with E-state index in [1.54, 1.807) is 6.07 Å². The van der Waals surface area contributed by atoms with E-state index in [2.05, 4.69) is 6.07 Å². The molecule has 0 atom stereocenters. The summed E-state index contributed by atoms with van der Waals surface area (Å²) >= 11 is 0. The number of nitrogens with two attached hydrogens (primary N) is 1. The molecule has 19 heavy (non-hydrogen) atoms. The van der Waals surface area contributed by atoms with E-state index < -0.39 is 0 Å². The van der Waals surface area contributed by atoms with Gasteiger partial charge in [-0.1, -0.05) is 18.2 Å². The maximum absolute atomic E-state index is 8.86. The fraction of sp³-hybridized carbons (Fsp3) is 0.188. The molecular weight excluding hydrogens is 236 g/mol. The first kappa shape index (κ1) is 13.0. The van der Waals surface area contributed by atoms with Gasteiger partial charge in [0.1, 0.15) is 12.4 Å². The number of nitrogen functional groups attached to an aromatic ring is 1. The van der Waals surface area contributed by atoms with Crippen LogP contribution in [0.3, 0.4) is 0 Å². The maximum atomic E-state index is 8.86. The molecule has 0 fully saturated rings. The molecule has 0 aliphatic heterocycles. The minimum atomic E-state index is 0.406. The summed E-state index contributed by atoms with van der Waals surface area (Å²) in [5, 5.41) is 8.86. The number of nitrogens with zero attached hydrogens (tertiary/aromatic N) is 1. The van der Waals surface area contributed by atoms with Gasteiger partial charge >= 0.3 is 0 Å². The van der Waals surface area contributed by atoms with Gasteiger partial charge in [0.15, 0.2) is 0 Å². The summed E-state index contributed by atoms with van der Waals surface area (Å²) < 4.78 is 5.77. The number of aryl methyl sites for hydroxylation is 2. The molecule has 3 heteroatoms. The van der Waals surface area contributed by atoms with E-state index in [0.29, 0.717) is 23.6 Å². The first-order chi connectivity index (χ1) is 9.10. The fourth-order valence-electron chi connectivity index (χ4n) is 2.07. The number of anilines is 1. The zero-order chi connectivity index (χ0) is 13.8. The second-order valence-corrected chi connectivity index (χ2v) is 4.60. The summed E-state index contributed by atoms with van der Waals surface area (Å²) in [5.74, 6) is 0.716. The van der Waals surface area contributed by atoms with Gasteiger partial charge in [0.25, 0.3) is 0 Å². The first-order valence-corrected chi connectivity index (χ1v) is 6.08. The van der Waals surface area contributed by atoms with Crippen molar-refractivity contribution in [1.29, 1.82) is 5.26 Å². The van der Waals surface area contributed by atoms with E-state index in [1.165, 1.54) is 0 Å². The second kappa shape index (κ2) is 5.45. The van der Waals surface area contributed by atoms with Crippen LogP contribution in [0.5, 0.6) is 5.75 Å². The summed E-state index contributed by atoms with van der Waals surface area (Å²) in [6, 6.07) is 13.4. The predicted octanol–water partition coefficient (Wildman–Crippen LogP) is 3.34. The predicted molar refractivity (Wildman–Crippen MR) is 75.8 cm³/mol. The van der Waals surface area contributed by atoms with Gasteiger partial charge in [-0.15, -0.1) is 0 Å². The molecule has 2 aromatic carbocycles. The van der Waals surface area contributed by atoms with Crippen LogP contribution in [0.15, 0.2) is 36.4 Å². The Morgan fingerprint density at radius 3 is 2.68 bits per heavy atom. The maximum Gasteiger partial charge on any atom is 0.145 e. The normalized spacial score (nSPS) is 9.95. The SMILES string of the molecule is Cc1cc(C)c(OCc2cccc(C#N)c2)c(N)c1. The van der Waals surface area contributed by atoms with Gasteiger partial charge in [-0.2, -0.15) is 5.26 Å². The van der Waals surface area contributed by atoms with Crippen LogP contribution in [0.1, 0.15) is 22.3 Å². The smallest absolute Gasteiger partial charge is 0.145 e. The molecule has 0 aromatic heterocycles. The highest BCUT2D eigenvalue weighted by molar-refractivity contribution is 5.58. The zero-order valence-electron chi connectivity index (χ0n) is 11.1. The van der Waals surface area contributed by atoms with Crippen molar-refractivity contribution < 1.29 is 4.74 Å². The molecular formula is C16H16N2O. The third kappa shape index (κ3) is 3.05. The Morgan fingerprint density at radius 1 is 1.21 bits per heavy atom. The highest BCUT2D eigenvalue weighted by Gasteiger charge is 2.06. The van der Waals surface area contributed by atoms with Crippen LogP contribution < -0.4 is 10.5 Å². The van der Waals surface area contributed by atoms with E-state index >= 15 is 0 Å². The lowest BCUT2D eigenvalue weighted by Crippen LogP contribution is -2.01. The molecule has 2 aromatic rings. The van der Waals surface area contributed by atoms with Crippen LogP contribution in [0.4, 0.5) is 5.69 Å². The minimum absolute atomic E-state index is 0.406. The number of rotatable bonds is 3. The van der Waals surface area contributed by atoms with Crippen molar-refractivity contribution in [2.24, 2.45) is 0 Å². The lowest BCUT2D eigenvalue weighted by molar-refractivity contribution is 0.306. The van der Waals surface area contributed by atoms with E-state index in [-0.39, 0.29) is 0 Å². The van der Waals surface area contributed by atoms with E-state index in [9.17, 15) is 0 Å². The molecule has 0 saturated heterocycles. The summed E-state index contributed by atoms with van der Waals surface area (Å²) in [7, 11) is 0.